The van der Waals surface area contributed by atoms with Crippen molar-refractivity contribution in [1.82, 2.24) is 9.78 Å². The van der Waals surface area contributed by atoms with E-state index < -0.39 is 0 Å². The number of nitrogens with zero attached hydrogens (tertiary/aromatic N) is 3. The van der Waals surface area contributed by atoms with E-state index in [-0.39, 0.29) is 19.0 Å². The summed E-state index contributed by atoms with van der Waals surface area (Å²) in [6.45, 7) is 0.668. The molecular weight excluding hydrogens is 271 g/mol. The van der Waals surface area contributed by atoms with Crippen molar-refractivity contribution in [2.45, 2.75) is 13.1 Å². The van der Waals surface area contributed by atoms with E-state index in [9.17, 15) is 0 Å². The van der Waals surface area contributed by atoms with Crippen LogP contribution in [0.2, 0.25) is 5.02 Å². The first kappa shape index (κ1) is 14.5. The predicted molar refractivity (Wildman–Crippen MR) is 73.4 cm³/mol. The molecule has 0 radical (unpaired) electrons. The second kappa shape index (κ2) is 6.41. The molecule has 0 aliphatic carbocycles. The van der Waals surface area contributed by atoms with Gasteiger partial charge in [0.05, 0.1) is 12.3 Å². The predicted octanol–water partition coefficient (Wildman–Crippen LogP) is 2.61. The number of hydrogen-bond donors (Lipinski definition) is 1. The van der Waals surface area contributed by atoms with Crippen LogP contribution in [0.5, 0.6) is 0 Å². The monoisotopic (exact) mass is 282 g/mol. The third kappa shape index (κ3) is 3.02. The first-order chi connectivity index (χ1) is 8.24. The summed E-state index contributed by atoms with van der Waals surface area (Å²) in [4.78, 5) is 0. The van der Waals surface area contributed by atoms with Gasteiger partial charge in [0.25, 0.3) is 0 Å². The van der Waals surface area contributed by atoms with E-state index >= 15 is 0 Å². The average Bonchev–Trinajstić information content (AvgIpc) is 2.78. The Hall–Kier alpha value is -1.54. The van der Waals surface area contributed by atoms with E-state index in [4.69, 9.17) is 22.6 Å². The number of rotatable bonds is 3. The molecule has 2 aromatic rings. The summed E-state index contributed by atoms with van der Waals surface area (Å²) in [5.74, 6) is 0. The van der Waals surface area contributed by atoms with Crippen LogP contribution in [0.25, 0.3) is 11.1 Å². The first-order valence-corrected chi connectivity index (χ1v) is 5.50. The van der Waals surface area contributed by atoms with Crippen molar-refractivity contribution in [1.29, 1.82) is 5.26 Å². The Balaban J connectivity index is 0.00000162. The van der Waals surface area contributed by atoms with Gasteiger partial charge < -0.3 is 5.73 Å². The molecule has 0 spiro atoms. The van der Waals surface area contributed by atoms with Gasteiger partial charge in [-0.3, -0.25) is 4.68 Å². The molecule has 0 saturated carbocycles. The minimum absolute atomic E-state index is 0. The molecule has 0 bridgehead atoms. The van der Waals surface area contributed by atoms with E-state index in [1.807, 2.05) is 30.5 Å². The van der Waals surface area contributed by atoms with E-state index in [1.165, 1.54) is 0 Å². The number of hydrogen-bond acceptors (Lipinski definition) is 3. The molecule has 4 nitrogen and oxygen atoms in total. The molecule has 0 amide bonds. The number of nitrogens with two attached hydrogens (primary N) is 1. The molecule has 1 heterocycles. The van der Waals surface area contributed by atoms with Crippen LogP contribution in [0.3, 0.4) is 0 Å². The van der Waals surface area contributed by atoms with Gasteiger partial charge in [-0.15, -0.1) is 12.4 Å². The van der Waals surface area contributed by atoms with Gasteiger partial charge in [0.15, 0.2) is 0 Å². The van der Waals surface area contributed by atoms with Gasteiger partial charge in [0, 0.05) is 23.3 Å². The summed E-state index contributed by atoms with van der Waals surface area (Å²) in [5.41, 5.74) is 8.37. The lowest BCUT2D eigenvalue weighted by atomic mass is 10.1. The molecule has 94 valence electrons. The van der Waals surface area contributed by atoms with Gasteiger partial charge in [0.2, 0.25) is 0 Å². The van der Waals surface area contributed by atoms with Crippen molar-refractivity contribution in [3.63, 3.8) is 0 Å². The second-order valence-corrected chi connectivity index (χ2v) is 4.00. The lowest BCUT2D eigenvalue weighted by molar-refractivity contribution is 0.710. The van der Waals surface area contributed by atoms with Crippen molar-refractivity contribution < 1.29 is 0 Å². The van der Waals surface area contributed by atoms with E-state index in [1.54, 1.807) is 10.9 Å². The van der Waals surface area contributed by atoms with Gasteiger partial charge in [-0.2, -0.15) is 10.4 Å². The SMILES string of the molecule is Cl.N#CCn1cc(-c2ccc(CN)c(Cl)c2)cn1. The third-order valence-electron chi connectivity index (χ3n) is 2.47. The van der Waals surface area contributed by atoms with E-state index in [0.29, 0.717) is 11.6 Å². The fourth-order valence-electron chi connectivity index (χ4n) is 1.56. The van der Waals surface area contributed by atoms with Crippen LogP contribution in [0.15, 0.2) is 30.6 Å². The van der Waals surface area contributed by atoms with Crippen LogP contribution < -0.4 is 5.73 Å². The van der Waals surface area contributed by atoms with Gasteiger partial charge in [-0.05, 0) is 17.2 Å². The topological polar surface area (TPSA) is 67.6 Å². The normalized spacial score (nSPS) is 9.61. The zero-order valence-electron chi connectivity index (χ0n) is 9.51. The molecule has 0 saturated heterocycles. The lowest BCUT2D eigenvalue weighted by Crippen LogP contribution is -1.96. The Morgan fingerprint density at radius 1 is 1.39 bits per heavy atom. The largest absolute Gasteiger partial charge is 0.326 e. The van der Waals surface area contributed by atoms with E-state index in [0.717, 1.165) is 16.7 Å². The van der Waals surface area contributed by atoms with Gasteiger partial charge in [-0.1, -0.05) is 23.7 Å². The van der Waals surface area contributed by atoms with Gasteiger partial charge >= 0.3 is 0 Å². The molecule has 1 aromatic carbocycles. The summed E-state index contributed by atoms with van der Waals surface area (Å²) >= 11 is 6.09. The third-order valence-corrected chi connectivity index (χ3v) is 2.82. The highest BCUT2D eigenvalue weighted by Gasteiger charge is 2.04. The zero-order chi connectivity index (χ0) is 12.3. The highest BCUT2D eigenvalue weighted by Crippen LogP contribution is 2.25. The standard InChI is InChI=1S/C12H11ClN4.ClH/c13-12-5-9(1-2-10(12)6-15)11-7-16-17(8-11)4-3-14;/h1-2,5,7-8H,4,6,15H2;1H. The van der Waals surface area contributed by atoms with Gasteiger partial charge in [0.1, 0.15) is 6.54 Å². The Morgan fingerprint density at radius 2 is 2.17 bits per heavy atom. The van der Waals surface area contributed by atoms with Crippen molar-refractivity contribution in [2.75, 3.05) is 0 Å². The molecule has 0 aliphatic heterocycles. The number of halogens is 2. The molecule has 0 aliphatic rings. The first-order valence-electron chi connectivity index (χ1n) is 5.13. The van der Waals surface area contributed by atoms with Crippen LogP contribution >= 0.6 is 24.0 Å². The average molecular weight is 283 g/mol. The van der Waals surface area contributed by atoms with Crippen LogP contribution in [-0.2, 0) is 13.1 Å². The van der Waals surface area contributed by atoms with Crippen molar-refractivity contribution in [2.24, 2.45) is 5.73 Å². The lowest BCUT2D eigenvalue weighted by Gasteiger charge is -2.03. The molecule has 6 heteroatoms. The van der Waals surface area contributed by atoms with Crippen molar-refractivity contribution in [3.8, 4) is 17.2 Å². The molecular formula is C12H12Cl2N4. The fourth-order valence-corrected chi connectivity index (χ4v) is 1.82. The maximum atomic E-state index is 8.57. The molecule has 0 atom stereocenters. The summed E-state index contributed by atoms with van der Waals surface area (Å²) in [6, 6.07) is 7.74. The van der Waals surface area contributed by atoms with Crippen molar-refractivity contribution >= 4 is 24.0 Å². The zero-order valence-corrected chi connectivity index (χ0v) is 11.1. The Labute approximate surface area is 116 Å². The molecule has 18 heavy (non-hydrogen) atoms. The van der Waals surface area contributed by atoms with Crippen LogP contribution in [-0.4, -0.2) is 9.78 Å². The summed E-state index contributed by atoms with van der Waals surface area (Å²) < 4.78 is 1.58. The molecule has 2 N–H and O–H groups in total. The van der Waals surface area contributed by atoms with Crippen LogP contribution in [0, 0.1) is 11.3 Å². The smallest absolute Gasteiger partial charge is 0.128 e. The summed E-state index contributed by atoms with van der Waals surface area (Å²) in [5, 5.41) is 13.3. The highest BCUT2D eigenvalue weighted by atomic mass is 35.5. The summed E-state index contributed by atoms with van der Waals surface area (Å²) in [6.07, 6.45) is 3.53. The minimum Gasteiger partial charge on any atom is -0.326 e. The molecule has 2 rings (SSSR count). The maximum absolute atomic E-state index is 8.57. The van der Waals surface area contributed by atoms with Crippen LogP contribution in [0.1, 0.15) is 5.56 Å². The second-order valence-electron chi connectivity index (χ2n) is 3.60. The quantitative estimate of drug-likeness (QED) is 0.941. The highest BCUT2D eigenvalue weighted by molar-refractivity contribution is 6.31. The summed E-state index contributed by atoms with van der Waals surface area (Å²) in [7, 11) is 0. The van der Waals surface area contributed by atoms with E-state index in [2.05, 4.69) is 5.10 Å². The Bertz CT molecular complexity index is 572. The molecule has 1 aromatic heterocycles. The van der Waals surface area contributed by atoms with Crippen LogP contribution in [0.4, 0.5) is 0 Å². The number of nitriles is 1. The molecule has 0 fully saturated rings. The number of aromatic nitrogens is 2. The number of benzene rings is 1. The fraction of sp³-hybridized carbons (Fsp3) is 0.167. The van der Waals surface area contributed by atoms with Crippen molar-refractivity contribution in [3.05, 3.63) is 41.2 Å². The Morgan fingerprint density at radius 3 is 2.78 bits per heavy atom. The minimum atomic E-state index is 0. The molecule has 0 unspecified atom stereocenters. The van der Waals surface area contributed by atoms with Gasteiger partial charge in [-0.25, -0.2) is 0 Å². The maximum Gasteiger partial charge on any atom is 0.128 e. The Kier molecular flexibility index (Phi) is 5.17.